The molecular weight excluding hydrogens is 530 g/mol. The second-order valence-corrected chi connectivity index (χ2v) is 7.94. The molecule has 6 N–H and O–H groups in total. The van der Waals surface area contributed by atoms with E-state index in [1.807, 2.05) is 0 Å². The second-order valence-electron chi connectivity index (χ2n) is 7.94. The molecule has 4 aromatic rings. The van der Waals surface area contributed by atoms with Crippen LogP contribution in [0.1, 0.15) is 29.9 Å². The Labute approximate surface area is 226 Å². The van der Waals surface area contributed by atoms with Gasteiger partial charge >= 0.3 is 5.69 Å². The molecule has 15 heteroatoms. The number of carbonyl (C=O) groups is 1. The quantitative estimate of drug-likeness (QED) is 0.143. The average Bonchev–Trinajstić information content (AvgIpc) is 3.32. The summed E-state index contributed by atoms with van der Waals surface area (Å²) >= 11 is 0. The SMILES string of the molecule is CC(=O)O.COc1cc(C(Nc2ccc(C(=N)N)cc2)c2nn(-c3ncccn3)c(=O)[nH]2)cc(OCCF)c1F. The van der Waals surface area contributed by atoms with E-state index < -0.39 is 30.2 Å². The van der Waals surface area contributed by atoms with E-state index >= 15 is 0 Å². The summed E-state index contributed by atoms with van der Waals surface area (Å²) in [6, 6.07) is 10.2. The van der Waals surface area contributed by atoms with Crippen LogP contribution in [-0.4, -0.2) is 62.0 Å². The molecule has 0 amide bonds. The Morgan fingerprint density at radius 1 is 1.23 bits per heavy atom. The molecule has 210 valence electrons. The molecule has 4 rings (SSSR count). The number of halogens is 2. The van der Waals surface area contributed by atoms with E-state index in [-0.39, 0.29) is 35.7 Å². The van der Waals surface area contributed by atoms with Gasteiger partial charge in [-0.25, -0.2) is 19.2 Å². The molecule has 0 bridgehead atoms. The number of nitrogen functional groups attached to an aromatic ring is 1. The van der Waals surface area contributed by atoms with Crippen LogP contribution in [0.5, 0.6) is 11.5 Å². The summed E-state index contributed by atoms with van der Waals surface area (Å²) in [5, 5.41) is 22.5. The van der Waals surface area contributed by atoms with E-state index in [0.29, 0.717) is 16.8 Å². The number of aromatic amines is 1. The third-order valence-electron chi connectivity index (χ3n) is 5.07. The van der Waals surface area contributed by atoms with Gasteiger partial charge in [-0.1, -0.05) is 0 Å². The highest BCUT2D eigenvalue weighted by Crippen LogP contribution is 2.34. The summed E-state index contributed by atoms with van der Waals surface area (Å²) in [7, 11) is 1.29. The lowest BCUT2D eigenvalue weighted by atomic mass is 10.0. The molecule has 0 saturated heterocycles. The Bertz CT molecular complexity index is 1510. The van der Waals surface area contributed by atoms with Crippen molar-refractivity contribution in [3.63, 3.8) is 0 Å². The number of nitrogens with one attached hydrogen (secondary N) is 3. The summed E-state index contributed by atoms with van der Waals surface area (Å²) in [4.78, 5) is 32.4. The van der Waals surface area contributed by atoms with E-state index in [1.165, 1.54) is 31.6 Å². The monoisotopic (exact) mass is 556 g/mol. The normalized spacial score (nSPS) is 11.1. The highest BCUT2D eigenvalue weighted by Gasteiger charge is 2.24. The van der Waals surface area contributed by atoms with Crippen LogP contribution in [0.3, 0.4) is 0 Å². The largest absolute Gasteiger partial charge is 0.494 e. The number of H-pyrrole nitrogens is 1. The fraction of sp³-hybridized carbons (Fsp3) is 0.200. The van der Waals surface area contributed by atoms with Crippen LogP contribution in [0.2, 0.25) is 0 Å². The van der Waals surface area contributed by atoms with Crippen molar-refractivity contribution in [1.29, 1.82) is 5.41 Å². The molecule has 0 aliphatic rings. The zero-order valence-corrected chi connectivity index (χ0v) is 21.4. The van der Waals surface area contributed by atoms with Gasteiger partial charge in [-0.15, -0.1) is 9.78 Å². The molecule has 2 aromatic carbocycles. The minimum atomic E-state index is -0.854. The van der Waals surface area contributed by atoms with Gasteiger partial charge in [0, 0.05) is 30.6 Å². The first-order valence-electron chi connectivity index (χ1n) is 11.6. The summed E-state index contributed by atoms with van der Waals surface area (Å²) < 4.78 is 38.9. The van der Waals surface area contributed by atoms with Gasteiger partial charge in [0.2, 0.25) is 5.82 Å². The molecule has 0 fully saturated rings. The van der Waals surface area contributed by atoms with Gasteiger partial charge in [0.25, 0.3) is 11.9 Å². The molecule has 2 heterocycles. The molecule has 2 aromatic heterocycles. The summed E-state index contributed by atoms with van der Waals surface area (Å²) in [6.45, 7) is -0.0874. The highest BCUT2D eigenvalue weighted by molar-refractivity contribution is 5.95. The van der Waals surface area contributed by atoms with Crippen molar-refractivity contribution < 1.29 is 28.2 Å². The number of amidine groups is 1. The number of hydrogen-bond donors (Lipinski definition) is 5. The van der Waals surface area contributed by atoms with E-state index in [1.54, 1.807) is 30.3 Å². The van der Waals surface area contributed by atoms with Gasteiger partial charge in [-0.2, -0.15) is 4.39 Å². The molecule has 0 saturated carbocycles. The molecule has 40 heavy (non-hydrogen) atoms. The zero-order valence-electron chi connectivity index (χ0n) is 21.4. The average molecular weight is 557 g/mol. The minimum Gasteiger partial charge on any atom is -0.494 e. The van der Waals surface area contributed by atoms with Crippen molar-refractivity contribution in [1.82, 2.24) is 24.7 Å². The first kappa shape index (κ1) is 29.2. The van der Waals surface area contributed by atoms with Crippen molar-refractivity contribution in [2.75, 3.05) is 25.7 Å². The van der Waals surface area contributed by atoms with E-state index in [2.05, 4.69) is 25.4 Å². The van der Waals surface area contributed by atoms with Gasteiger partial charge in [0.15, 0.2) is 17.3 Å². The van der Waals surface area contributed by atoms with Crippen LogP contribution in [0.15, 0.2) is 59.7 Å². The number of anilines is 1. The van der Waals surface area contributed by atoms with E-state index in [9.17, 15) is 13.6 Å². The maximum atomic E-state index is 14.8. The predicted molar refractivity (Wildman–Crippen MR) is 140 cm³/mol. The zero-order chi connectivity index (χ0) is 29.2. The summed E-state index contributed by atoms with van der Waals surface area (Å²) in [5.74, 6) is -1.90. The number of nitrogens with two attached hydrogens (primary N) is 1. The summed E-state index contributed by atoms with van der Waals surface area (Å²) in [6.07, 6.45) is 2.93. The third kappa shape index (κ3) is 7.37. The standard InChI is InChI=1S/C23H22F2N8O3.C2H4O2/c1-35-16-11-14(12-17(18(16)25)36-10-7-24)19(30-15-5-3-13(4-6-15)20(26)27)21-31-23(34)33(32-21)22-28-8-2-9-29-22;1-2(3)4/h2-6,8-9,11-12,19,30H,7,10H2,1H3,(H3,26,27)(H,31,32,34);1H3,(H,3,4). The number of nitrogens with zero attached hydrogens (tertiary/aromatic N) is 4. The summed E-state index contributed by atoms with van der Waals surface area (Å²) in [5.41, 5.74) is 6.42. The van der Waals surface area contributed by atoms with Crippen LogP contribution in [0.4, 0.5) is 14.5 Å². The van der Waals surface area contributed by atoms with Crippen molar-refractivity contribution in [3.8, 4) is 17.4 Å². The Kier molecular flexibility index (Phi) is 9.83. The van der Waals surface area contributed by atoms with Crippen molar-refractivity contribution >= 4 is 17.5 Å². The van der Waals surface area contributed by atoms with E-state index in [0.717, 1.165) is 11.6 Å². The van der Waals surface area contributed by atoms with Gasteiger partial charge < -0.3 is 25.6 Å². The van der Waals surface area contributed by atoms with Gasteiger partial charge in [0.05, 0.1) is 7.11 Å². The van der Waals surface area contributed by atoms with Crippen LogP contribution in [0.25, 0.3) is 5.95 Å². The van der Waals surface area contributed by atoms with Crippen LogP contribution >= 0.6 is 0 Å². The van der Waals surface area contributed by atoms with Crippen LogP contribution in [0, 0.1) is 11.2 Å². The number of benzene rings is 2. The fourth-order valence-corrected chi connectivity index (χ4v) is 3.39. The predicted octanol–water partition coefficient (Wildman–Crippen LogP) is 2.42. The first-order chi connectivity index (χ1) is 19.1. The van der Waals surface area contributed by atoms with Crippen molar-refractivity contribution in [2.45, 2.75) is 13.0 Å². The number of methoxy groups -OCH3 is 1. The topological polar surface area (TPSA) is 194 Å². The third-order valence-corrected chi connectivity index (χ3v) is 5.07. The highest BCUT2D eigenvalue weighted by atomic mass is 19.1. The second kappa shape index (κ2) is 13.5. The Morgan fingerprint density at radius 3 is 2.42 bits per heavy atom. The number of aliphatic carboxylic acids is 1. The van der Waals surface area contributed by atoms with E-state index in [4.69, 9.17) is 30.5 Å². The number of aromatic nitrogens is 5. The molecule has 0 aliphatic carbocycles. The fourth-order valence-electron chi connectivity index (χ4n) is 3.39. The van der Waals surface area contributed by atoms with Gasteiger partial charge in [0.1, 0.15) is 25.2 Å². The maximum Gasteiger partial charge on any atom is 0.350 e. The number of alkyl halides is 1. The molecule has 0 spiro atoms. The minimum absolute atomic E-state index is 0.0539. The number of rotatable bonds is 10. The number of carboxylic acids is 1. The first-order valence-corrected chi connectivity index (χ1v) is 11.6. The van der Waals surface area contributed by atoms with Crippen LogP contribution < -0.4 is 26.2 Å². The lowest BCUT2D eigenvalue weighted by molar-refractivity contribution is -0.134. The van der Waals surface area contributed by atoms with Gasteiger partial charge in [-0.05, 0) is 48.0 Å². The maximum absolute atomic E-state index is 14.8. The van der Waals surface area contributed by atoms with Crippen molar-refractivity contribution in [3.05, 3.63) is 88.1 Å². The van der Waals surface area contributed by atoms with Crippen LogP contribution in [-0.2, 0) is 4.79 Å². The number of carboxylic acid groups (broad SMARTS) is 1. The smallest absolute Gasteiger partial charge is 0.350 e. The lowest BCUT2D eigenvalue weighted by Crippen LogP contribution is -2.18. The molecule has 1 atom stereocenters. The molecular formula is C25H26F2N8O5. The Hall–Kier alpha value is -5.34. The Balaban J connectivity index is 0.00000103. The number of hydrogen-bond acceptors (Lipinski definition) is 9. The number of ether oxygens (including phenoxy) is 2. The molecule has 0 radical (unpaired) electrons. The molecule has 0 aliphatic heterocycles. The van der Waals surface area contributed by atoms with Gasteiger partial charge in [-0.3, -0.25) is 15.2 Å². The Morgan fingerprint density at radius 2 is 1.85 bits per heavy atom. The molecule has 1 unspecified atom stereocenters. The lowest BCUT2D eigenvalue weighted by Gasteiger charge is -2.20. The molecule has 13 nitrogen and oxygen atoms in total. The van der Waals surface area contributed by atoms with Crippen molar-refractivity contribution in [2.24, 2.45) is 5.73 Å².